The Morgan fingerprint density at radius 2 is 2.35 bits per heavy atom. The lowest BCUT2D eigenvalue weighted by atomic mass is 9.88. The maximum absolute atomic E-state index is 5.79. The van der Waals surface area contributed by atoms with Crippen LogP contribution in [0.25, 0.3) is 0 Å². The van der Waals surface area contributed by atoms with E-state index in [4.69, 9.17) is 4.74 Å². The summed E-state index contributed by atoms with van der Waals surface area (Å²) in [4.78, 5) is 0. The topological polar surface area (TPSA) is 52.0 Å². The van der Waals surface area contributed by atoms with Crippen LogP contribution in [-0.2, 0) is 24.2 Å². The molecule has 3 heterocycles. The summed E-state index contributed by atoms with van der Waals surface area (Å²) in [6.45, 7) is 2.69. The molecule has 2 aliphatic heterocycles. The van der Waals surface area contributed by atoms with Gasteiger partial charge in [-0.1, -0.05) is 18.6 Å². The smallest absolute Gasteiger partial charge is 0.147 e. The van der Waals surface area contributed by atoms with Crippen LogP contribution in [0.2, 0.25) is 0 Å². The van der Waals surface area contributed by atoms with Crippen LogP contribution in [0.1, 0.15) is 43.8 Å². The Balaban J connectivity index is 1.47. The van der Waals surface area contributed by atoms with Crippen molar-refractivity contribution in [2.24, 2.45) is 0 Å². The second kappa shape index (κ2) is 4.97. The van der Waals surface area contributed by atoms with Gasteiger partial charge in [-0.25, -0.2) is 0 Å². The van der Waals surface area contributed by atoms with E-state index in [1.807, 2.05) is 0 Å². The molecule has 0 saturated carbocycles. The molecule has 108 valence electrons. The molecule has 0 amide bonds. The summed E-state index contributed by atoms with van der Waals surface area (Å²) in [7, 11) is 0. The first-order valence-electron chi connectivity index (χ1n) is 7.79. The number of rotatable bonds is 3. The number of hydrogen-bond donors (Lipinski definition) is 1. The van der Waals surface area contributed by atoms with E-state index in [0.717, 1.165) is 44.8 Å². The Morgan fingerprint density at radius 1 is 1.35 bits per heavy atom. The fraction of sp³-hybridized carbons (Fsp3) is 0.733. The van der Waals surface area contributed by atoms with E-state index < -0.39 is 0 Å². The summed E-state index contributed by atoms with van der Waals surface area (Å²) in [5.41, 5.74) is 0.122. The van der Waals surface area contributed by atoms with Crippen LogP contribution < -0.4 is 5.32 Å². The summed E-state index contributed by atoms with van der Waals surface area (Å²) in [5, 5.41) is 12.5. The Bertz CT molecular complexity index is 524. The van der Waals surface area contributed by atoms with E-state index in [1.54, 1.807) is 0 Å². The van der Waals surface area contributed by atoms with Crippen molar-refractivity contribution < 1.29 is 4.74 Å². The second-order valence-corrected chi connectivity index (χ2v) is 6.31. The van der Waals surface area contributed by atoms with Gasteiger partial charge in [-0.15, -0.1) is 10.2 Å². The molecule has 2 bridgehead atoms. The van der Waals surface area contributed by atoms with Crippen molar-refractivity contribution in [2.45, 2.75) is 63.3 Å². The molecule has 1 N–H and O–H groups in total. The summed E-state index contributed by atoms with van der Waals surface area (Å²) in [6.07, 6.45) is 11.8. The number of aromatic nitrogens is 3. The van der Waals surface area contributed by atoms with E-state index in [0.29, 0.717) is 6.10 Å². The maximum Gasteiger partial charge on any atom is 0.147 e. The molecule has 1 aromatic rings. The van der Waals surface area contributed by atoms with Crippen molar-refractivity contribution in [1.29, 1.82) is 0 Å². The zero-order valence-corrected chi connectivity index (χ0v) is 11.8. The van der Waals surface area contributed by atoms with Crippen LogP contribution in [0.15, 0.2) is 12.2 Å². The second-order valence-electron chi connectivity index (χ2n) is 6.31. The van der Waals surface area contributed by atoms with E-state index in [-0.39, 0.29) is 5.54 Å². The van der Waals surface area contributed by atoms with Crippen molar-refractivity contribution in [2.75, 3.05) is 6.61 Å². The van der Waals surface area contributed by atoms with E-state index in [1.165, 1.54) is 25.1 Å². The Hall–Kier alpha value is -1.20. The van der Waals surface area contributed by atoms with Gasteiger partial charge >= 0.3 is 0 Å². The van der Waals surface area contributed by atoms with Gasteiger partial charge in [0.1, 0.15) is 11.6 Å². The average molecular weight is 274 g/mol. The lowest BCUT2D eigenvalue weighted by Crippen LogP contribution is -2.46. The summed E-state index contributed by atoms with van der Waals surface area (Å²) >= 11 is 0. The van der Waals surface area contributed by atoms with Crippen molar-refractivity contribution in [3.63, 3.8) is 0 Å². The third-order valence-corrected chi connectivity index (χ3v) is 4.83. The van der Waals surface area contributed by atoms with E-state index in [2.05, 4.69) is 32.2 Å². The van der Waals surface area contributed by atoms with Crippen molar-refractivity contribution >= 4 is 0 Å². The molecule has 5 heteroatoms. The number of fused-ring (bicyclic) bond motifs is 3. The minimum Gasteiger partial charge on any atom is -0.372 e. The van der Waals surface area contributed by atoms with Crippen LogP contribution in [0.3, 0.4) is 0 Å². The van der Waals surface area contributed by atoms with Crippen LogP contribution in [0.4, 0.5) is 0 Å². The molecular formula is C15H22N4O. The van der Waals surface area contributed by atoms with Gasteiger partial charge in [0.15, 0.2) is 0 Å². The number of hydrogen-bond acceptors (Lipinski definition) is 4. The van der Waals surface area contributed by atoms with Crippen molar-refractivity contribution in [3.8, 4) is 0 Å². The van der Waals surface area contributed by atoms with Gasteiger partial charge in [0.05, 0.1) is 19.3 Å². The van der Waals surface area contributed by atoms with E-state index in [9.17, 15) is 0 Å². The Morgan fingerprint density at radius 3 is 3.35 bits per heavy atom. The third-order valence-electron chi connectivity index (χ3n) is 4.83. The zero-order chi connectivity index (χ0) is 13.4. The molecular weight excluding hydrogens is 252 g/mol. The zero-order valence-electron chi connectivity index (χ0n) is 11.8. The molecule has 1 aromatic heterocycles. The predicted octanol–water partition coefficient (Wildman–Crippen LogP) is 1.58. The number of nitrogens with zero attached hydrogens (tertiary/aromatic N) is 3. The molecule has 0 spiro atoms. The standard InChI is InChI=1S/C15H22N4O/c1-2-6-13-17-18-14(19(13)8-3-1)10-16-15-7-4-5-12(9-15)20-11-15/h4-5,12,16H,1-3,6-11H2. The summed E-state index contributed by atoms with van der Waals surface area (Å²) in [5.74, 6) is 2.26. The molecule has 0 radical (unpaired) electrons. The molecule has 4 rings (SSSR count). The van der Waals surface area contributed by atoms with Crippen molar-refractivity contribution in [1.82, 2.24) is 20.1 Å². The first-order valence-corrected chi connectivity index (χ1v) is 7.79. The summed E-state index contributed by atoms with van der Waals surface area (Å²) < 4.78 is 8.11. The van der Waals surface area contributed by atoms with Gasteiger partial charge < -0.3 is 14.6 Å². The number of aryl methyl sites for hydroxylation is 1. The van der Waals surface area contributed by atoms with Gasteiger partial charge in [0.2, 0.25) is 0 Å². The van der Waals surface area contributed by atoms with Crippen LogP contribution in [-0.4, -0.2) is 33.0 Å². The minimum absolute atomic E-state index is 0.122. The molecule has 20 heavy (non-hydrogen) atoms. The molecule has 1 saturated heterocycles. The van der Waals surface area contributed by atoms with Gasteiger partial charge in [-0.05, 0) is 25.7 Å². The predicted molar refractivity (Wildman–Crippen MR) is 75.3 cm³/mol. The first-order chi connectivity index (χ1) is 9.85. The highest BCUT2D eigenvalue weighted by Crippen LogP contribution is 2.32. The van der Waals surface area contributed by atoms with Crippen LogP contribution >= 0.6 is 0 Å². The Labute approximate surface area is 119 Å². The fourth-order valence-electron chi connectivity index (χ4n) is 3.62. The number of nitrogens with one attached hydrogen (secondary N) is 1. The highest BCUT2D eigenvalue weighted by Gasteiger charge is 2.40. The molecule has 5 nitrogen and oxygen atoms in total. The molecule has 2 unspecified atom stereocenters. The third kappa shape index (κ3) is 2.19. The molecule has 2 atom stereocenters. The maximum atomic E-state index is 5.79. The average Bonchev–Trinajstić information content (AvgIpc) is 2.88. The molecule has 1 fully saturated rings. The first kappa shape index (κ1) is 12.5. The highest BCUT2D eigenvalue weighted by atomic mass is 16.5. The minimum atomic E-state index is 0.122. The molecule has 0 aromatic carbocycles. The van der Waals surface area contributed by atoms with Gasteiger partial charge in [0.25, 0.3) is 0 Å². The Kier molecular flexibility index (Phi) is 3.11. The van der Waals surface area contributed by atoms with Crippen LogP contribution in [0.5, 0.6) is 0 Å². The van der Waals surface area contributed by atoms with Crippen molar-refractivity contribution in [3.05, 3.63) is 23.8 Å². The summed E-state index contributed by atoms with van der Waals surface area (Å²) in [6, 6.07) is 0. The fourth-order valence-corrected chi connectivity index (χ4v) is 3.62. The molecule has 3 aliphatic rings. The normalized spacial score (nSPS) is 32.1. The van der Waals surface area contributed by atoms with E-state index >= 15 is 0 Å². The lowest BCUT2D eigenvalue weighted by molar-refractivity contribution is 0.133. The largest absolute Gasteiger partial charge is 0.372 e. The quantitative estimate of drug-likeness (QED) is 0.850. The van der Waals surface area contributed by atoms with Gasteiger partial charge in [0, 0.05) is 18.5 Å². The number of ether oxygens (including phenoxy) is 1. The van der Waals surface area contributed by atoms with Gasteiger partial charge in [-0.3, -0.25) is 0 Å². The highest BCUT2D eigenvalue weighted by molar-refractivity contribution is 5.12. The molecule has 1 aliphatic carbocycles. The lowest BCUT2D eigenvalue weighted by Gasteiger charge is -2.29. The van der Waals surface area contributed by atoms with Crippen LogP contribution in [0, 0.1) is 0 Å². The SMILES string of the molecule is C1=CC2CC(NCc3nnc4n3CCCCC4)(C1)CO2. The van der Waals surface area contributed by atoms with Gasteiger partial charge in [-0.2, -0.15) is 0 Å². The monoisotopic (exact) mass is 274 g/mol.